The number of benzene rings is 3. The van der Waals surface area contributed by atoms with Crippen LogP contribution in [0.3, 0.4) is 0 Å². The third-order valence-corrected chi connectivity index (χ3v) is 6.88. The average molecular weight is 525 g/mol. The highest BCUT2D eigenvalue weighted by atomic mass is 19.1. The van der Waals surface area contributed by atoms with Gasteiger partial charge in [-0.2, -0.15) is 0 Å². The third-order valence-electron chi connectivity index (χ3n) is 6.88. The molecule has 0 spiro atoms. The second kappa shape index (κ2) is 10.6. The minimum Gasteiger partial charge on any atom is -0.349 e. The number of aromatic nitrogens is 4. The Morgan fingerprint density at radius 1 is 1.00 bits per heavy atom. The van der Waals surface area contributed by atoms with E-state index in [1.807, 2.05) is 45.0 Å². The molecule has 5 aromatic rings. The van der Waals surface area contributed by atoms with Crippen LogP contribution < -0.4 is 10.2 Å². The molecule has 5 rings (SSSR count). The number of fused-ring (bicyclic) bond motifs is 2. The van der Waals surface area contributed by atoms with Crippen molar-refractivity contribution in [1.29, 1.82) is 0 Å². The maximum absolute atomic E-state index is 15.4. The topological polar surface area (TPSA) is 93.0 Å². The maximum atomic E-state index is 15.4. The van der Waals surface area contributed by atoms with E-state index in [-0.39, 0.29) is 12.2 Å². The van der Waals surface area contributed by atoms with Gasteiger partial charge in [-0.05, 0) is 68.3 Å². The van der Waals surface area contributed by atoms with Gasteiger partial charge in [0, 0.05) is 17.1 Å². The molecule has 8 nitrogen and oxygen atoms in total. The number of carbonyl (C=O) groups excluding carboxylic acids is 2. The molecule has 1 atom stereocenters. The van der Waals surface area contributed by atoms with Gasteiger partial charge in [0.1, 0.15) is 23.9 Å². The number of anilines is 1. The Hall–Kier alpha value is -4.66. The fourth-order valence-corrected chi connectivity index (χ4v) is 4.48. The van der Waals surface area contributed by atoms with Crippen LogP contribution in [0, 0.1) is 5.82 Å². The minimum absolute atomic E-state index is 0.00680. The predicted molar refractivity (Wildman–Crippen MR) is 148 cm³/mol. The van der Waals surface area contributed by atoms with Crippen molar-refractivity contribution in [3.63, 3.8) is 0 Å². The lowest BCUT2D eigenvalue weighted by Gasteiger charge is -2.34. The van der Waals surface area contributed by atoms with Crippen LogP contribution in [-0.4, -0.2) is 37.3 Å². The number of amides is 2. The summed E-state index contributed by atoms with van der Waals surface area (Å²) in [5, 5.41) is 12.1. The number of pyridine rings is 1. The van der Waals surface area contributed by atoms with Crippen molar-refractivity contribution < 1.29 is 14.0 Å². The van der Waals surface area contributed by atoms with Crippen molar-refractivity contribution in [2.75, 3.05) is 4.90 Å². The molecule has 198 valence electrons. The summed E-state index contributed by atoms with van der Waals surface area (Å²) in [7, 11) is 0. The number of carbonyl (C=O) groups is 2. The summed E-state index contributed by atoms with van der Waals surface area (Å²) in [5.41, 5.74) is 1.99. The molecule has 1 N–H and O–H groups in total. The zero-order chi connectivity index (χ0) is 27.6. The van der Waals surface area contributed by atoms with Gasteiger partial charge in [-0.1, -0.05) is 48.5 Å². The van der Waals surface area contributed by atoms with Gasteiger partial charge in [0.05, 0.1) is 16.7 Å². The fraction of sp³-hybridized carbons (Fsp3) is 0.233. The van der Waals surface area contributed by atoms with Crippen molar-refractivity contribution in [3.05, 3.63) is 96.4 Å². The number of hydrogen-bond donors (Lipinski definition) is 1. The van der Waals surface area contributed by atoms with Crippen LogP contribution in [0.25, 0.3) is 21.9 Å². The molecule has 0 aliphatic carbocycles. The van der Waals surface area contributed by atoms with Gasteiger partial charge in [-0.15, -0.1) is 5.10 Å². The molecule has 0 unspecified atom stereocenters. The van der Waals surface area contributed by atoms with Crippen molar-refractivity contribution in [2.45, 2.75) is 45.3 Å². The van der Waals surface area contributed by atoms with E-state index in [4.69, 9.17) is 0 Å². The highest BCUT2D eigenvalue weighted by molar-refractivity contribution is 6.02. The Morgan fingerprint density at radius 3 is 2.56 bits per heavy atom. The summed E-state index contributed by atoms with van der Waals surface area (Å²) in [6.45, 7) is 5.53. The smallest absolute Gasteiger partial charge is 0.249 e. The van der Waals surface area contributed by atoms with E-state index in [0.717, 1.165) is 10.9 Å². The first-order chi connectivity index (χ1) is 18.8. The third kappa shape index (κ3) is 5.34. The number of rotatable bonds is 8. The second-order valence-electron chi connectivity index (χ2n) is 10.0. The first-order valence-electron chi connectivity index (χ1n) is 12.8. The van der Waals surface area contributed by atoms with Gasteiger partial charge in [-0.3, -0.25) is 19.5 Å². The van der Waals surface area contributed by atoms with E-state index in [0.29, 0.717) is 23.0 Å². The molecular formula is C30H29FN6O2. The number of para-hydroxylation sites is 2. The standard InChI is InChI=1S/C30H29FN6O2/c1-4-30(2,3)33-29(39)28(21-15-16-23-20(18-21)10-9-17-32-23)37(25-13-7-5-11-22(25)31)27(38)19-36-26-14-8-6-12-24(26)34-35-36/h5-18,28H,4,19H2,1-3H3,(H,33,39)/t28-/m0/s1. The first-order valence-corrected chi connectivity index (χ1v) is 12.8. The average Bonchev–Trinajstić information content (AvgIpc) is 3.34. The van der Waals surface area contributed by atoms with Crippen molar-refractivity contribution in [3.8, 4) is 0 Å². The van der Waals surface area contributed by atoms with Crippen molar-refractivity contribution >= 4 is 39.4 Å². The summed E-state index contributed by atoms with van der Waals surface area (Å²) >= 11 is 0. The van der Waals surface area contributed by atoms with Gasteiger partial charge >= 0.3 is 0 Å². The van der Waals surface area contributed by atoms with Gasteiger partial charge < -0.3 is 5.32 Å². The molecule has 39 heavy (non-hydrogen) atoms. The lowest BCUT2D eigenvalue weighted by molar-refractivity contribution is -0.128. The highest BCUT2D eigenvalue weighted by Crippen LogP contribution is 2.32. The zero-order valence-electron chi connectivity index (χ0n) is 22.0. The molecule has 0 radical (unpaired) electrons. The van der Waals surface area contributed by atoms with E-state index in [1.165, 1.54) is 21.7 Å². The molecule has 3 aromatic carbocycles. The van der Waals surface area contributed by atoms with Gasteiger partial charge in [0.2, 0.25) is 11.8 Å². The fourth-order valence-electron chi connectivity index (χ4n) is 4.48. The molecule has 0 saturated carbocycles. The number of halogens is 1. The second-order valence-corrected chi connectivity index (χ2v) is 10.0. The number of hydrogen-bond acceptors (Lipinski definition) is 5. The highest BCUT2D eigenvalue weighted by Gasteiger charge is 2.36. The molecular weight excluding hydrogens is 495 g/mol. The largest absolute Gasteiger partial charge is 0.349 e. The lowest BCUT2D eigenvalue weighted by Crippen LogP contribution is -2.51. The first kappa shape index (κ1) is 26.0. The maximum Gasteiger partial charge on any atom is 0.249 e. The van der Waals surface area contributed by atoms with E-state index >= 15 is 4.39 Å². The van der Waals surface area contributed by atoms with Crippen LogP contribution in [0.4, 0.5) is 10.1 Å². The van der Waals surface area contributed by atoms with Gasteiger partial charge in [0.25, 0.3) is 0 Å². The molecule has 2 heterocycles. The van der Waals surface area contributed by atoms with Crippen molar-refractivity contribution in [1.82, 2.24) is 25.3 Å². The Kier molecular flexibility index (Phi) is 7.06. The van der Waals surface area contributed by atoms with E-state index in [9.17, 15) is 9.59 Å². The summed E-state index contributed by atoms with van der Waals surface area (Å²) in [6, 6.07) is 21.1. The summed E-state index contributed by atoms with van der Waals surface area (Å²) in [4.78, 5) is 33.7. The van der Waals surface area contributed by atoms with Gasteiger partial charge in [0.15, 0.2) is 0 Å². The van der Waals surface area contributed by atoms with E-state index in [1.54, 1.807) is 48.7 Å². The van der Waals surface area contributed by atoms with Crippen LogP contribution >= 0.6 is 0 Å². The predicted octanol–water partition coefficient (Wildman–Crippen LogP) is 5.20. The Morgan fingerprint density at radius 2 is 1.77 bits per heavy atom. The molecule has 0 bridgehead atoms. The van der Waals surface area contributed by atoms with E-state index in [2.05, 4.69) is 20.6 Å². The zero-order valence-corrected chi connectivity index (χ0v) is 22.0. The summed E-state index contributed by atoms with van der Waals surface area (Å²) < 4.78 is 16.8. The van der Waals surface area contributed by atoms with Crippen LogP contribution in [0.5, 0.6) is 0 Å². The molecule has 0 saturated heterocycles. The Balaban J connectivity index is 1.66. The monoisotopic (exact) mass is 524 g/mol. The van der Waals surface area contributed by atoms with Gasteiger partial charge in [-0.25, -0.2) is 9.07 Å². The normalized spacial score (nSPS) is 12.4. The van der Waals surface area contributed by atoms with Crippen LogP contribution in [-0.2, 0) is 16.1 Å². The molecule has 0 aliphatic heterocycles. The molecule has 2 aromatic heterocycles. The van der Waals surface area contributed by atoms with Crippen molar-refractivity contribution in [2.24, 2.45) is 0 Å². The minimum atomic E-state index is -1.17. The summed E-state index contributed by atoms with van der Waals surface area (Å²) in [5.74, 6) is -1.56. The lowest BCUT2D eigenvalue weighted by atomic mass is 9.97. The Bertz CT molecular complexity index is 1660. The van der Waals surface area contributed by atoms with Crippen LogP contribution in [0.2, 0.25) is 0 Å². The van der Waals surface area contributed by atoms with E-state index < -0.39 is 29.2 Å². The summed E-state index contributed by atoms with van der Waals surface area (Å²) in [6.07, 6.45) is 2.35. The number of nitrogens with one attached hydrogen (secondary N) is 1. The SMILES string of the molecule is CCC(C)(C)NC(=O)[C@H](c1ccc2ncccc2c1)N(C(=O)Cn1nnc2ccccc21)c1ccccc1F. The van der Waals surface area contributed by atoms with Crippen LogP contribution in [0.1, 0.15) is 38.8 Å². The number of nitrogens with zero attached hydrogens (tertiary/aromatic N) is 5. The Labute approximate surface area is 225 Å². The molecule has 2 amide bonds. The van der Waals surface area contributed by atoms with Crippen LogP contribution in [0.15, 0.2) is 85.1 Å². The molecule has 0 aliphatic rings. The molecule has 9 heteroatoms. The quantitative estimate of drug-likeness (QED) is 0.301. The molecule has 0 fully saturated rings.